The van der Waals surface area contributed by atoms with Gasteiger partial charge in [0, 0.05) is 34.4 Å². The number of anilines is 1. The molecule has 3 rings (SSSR count). The van der Waals surface area contributed by atoms with Gasteiger partial charge >= 0.3 is 0 Å². The van der Waals surface area contributed by atoms with E-state index in [4.69, 9.17) is 5.73 Å². The van der Waals surface area contributed by atoms with E-state index in [-0.39, 0.29) is 24.4 Å². The van der Waals surface area contributed by atoms with Crippen LogP contribution >= 0.6 is 24.2 Å². The zero-order valence-corrected chi connectivity index (χ0v) is 16.7. The number of benzene rings is 1. The number of carbonyl (C=O) groups excluding carboxylic acids is 1. The molecule has 3 N–H and O–H groups in total. The largest absolute Gasteiger partial charge is 0.327 e. The summed E-state index contributed by atoms with van der Waals surface area (Å²) in [5.41, 5.74) is 8.77. The Bertz CT molecular complexity index is 733. The zero-order valence-electron chi connectivity index (χ0n) is 15.1. The molecule has 5 nitrogen and oxygen atoms in total. The molecule has 1 fully saturated rings. The molecular weight excluding hydrogens is 368 g/mol. The normalized spacial score (nSPS) is 19.0. The smallest absolute Gasteiger partial charge is 0.224 e. The van der Waals surface area contributed by atoms with E-state index in [9.17, 15) is 4.79 Å². The van der Waals surface area contributed by atoms with E-state index in [2.05, 4.69) is 15.3 Å². The number of hydrogen-bond donors (Lipinski definition) is 2. The Morgan fingerprint density at radius 1 is 1.19 bits per heavy atom. The van der Waals surface area contributed by atoms with Crippen molar-refractivity contribution in [3.05, 3.63) is 41.7 Å². The predicted octanol–water partition coefficient (Wildman–Crippen LogP) is 4.12. The van der Waals surface area contributed by atoms with Crippen LogP contribution in [0.1, 0.15) is 37.1 Å². The Kier molecular flexibility index (Phi) is 7.43. The fraction of sp³-hybridized carbons (Fsp3) is 0.421. The van der Waals surface area contributed by atoms with Crippen LogP contribution in [-0.4, -0.2) is 21.9 Å². The topological polar surface area (TPSA) is 80.9 Å². The van der Waals surface area contributed by atoms with Crippen LogP contribution in [0.2, 0.25) is 0 Å². The quantitative estimate of drug-likeness (QED) is 0.748. The van der Waals surface area contributed by atoms with Crippen molar-refractivity contribution in [3.8, 4) is 0 Å². The van der Waals surface area contributed by atoms with Gasteiger partial charge in [-0.3, -0.25) is 4.79 Å². The Morgan fingerprint density at radius 3 is 2.42 bits per heavy atom. The van der Waals surface area contributed by atoms with Crippen molar-refractivity contribution in [2.45, 2.75) is 55.6 Å². The summed E-state index contributed by atoms with van der Waals surface area (Å²) in [6.45, 7) is 3.93. The van der Waals surface area contributed by atoms with E-state index >= 15 is 0 Å². The summed E-state index contributed by atoms with van der Waals surface area (Å²) in [6.07, 6.45) is 3.73. The molecule has 0 unspecified atom stereocenters. The molecule has 0 saturated heterocycles. The van der Waals surface area contributed by atoms with Gasteiger partial charge in [-0.1, -0.05) is 6.42 Å². The number of nitrogens with one attached hydrogen (secondary N) is 1. The van der Waals surface area contributed by atoms with E-state index < -0.39 is 0 Å². The monoisotopic (exact) mass is 392 g/mol. The number of aryl methyl sites for hydroxylation is 2. The summed E-state index contributed by atoms with van der Waals surface area (Å²) in [6, 6.07) is 9.90. The number of rotatable bonds is 5. The van der Waals surface area contributed by atoms with Gasteiger partial charge in [-0.15, -0.1) is 12.4 Å². The maximum absolute atomic E-state index is 12.2. The van der Waals surface area contributed by atoms with Crippen LogP contribution in [-0.2, 0) is 4.79 Å². The van der Waals surface area contributed by atoms with Crippen LogP contribution in [0.15, 0.2) is 40.4 Å². The maximum atomic E-state index is 12.2. The lowest BCUT2D eigenvalue weighted by Crippen LogP contribution is -2.28. The number of aromatic nitrogens is 2. The molecule has 26 heavy (non-hydrogen) atoms. The fourth-order valence-electron chi connectivity index (χ4n) is 3.22. The highest BCUT2D eigenvalue weighted by Gasteiger charge is 2.25. The Morgan fingerprint density at radius 2 is 1.85 bits per heavy atom. The number of nitrogens with two attached hydrogens (primary N) is 1. The van der Waals surface area contributed by atoms with Crippen LogP contribution in [0.4, 0.5) is 5.69 Å². The number of carbonyl (C=O) groups is 1. The fourth-order valence-corrected chi connectivity index (χ4v) is 4.08. The molecule has 140 valence electrons. The molecule has 1 aliphatic rings. The van der Waals surface area contributed by atoms with E-state index in [1.54, 1.807) is 0 Å². The second-order valence-electron chi connectivity index (χ2n) is 6.67. The first-order valence-electron chi connectivity index (χ1n) is 8.65. The van der Waals surface area contributed by atoms with Crippen LogP contribution in [0.3, 0.4) is 0 Å². The van der Waals surface area contributed by atoms with Gasteiger partial charge in [-0.2, -0.15) is 0 Å². The zero-order chi connectivity index (χ0) is 17.8. The molecule has 0 radical (unpaired) electrons. The van der Waals surface area contributed by atoms with E-state index in [1.807, 2.05) is 44.2 Å². The number of hydrogen-bond acceptors (Lipinski definition) is 5. The van der Waals surface area contributed by atoms with Gasteiger partial charge in [-0.05, 0) is 74.7 Å². The molecule has 0 bridgehead atoms. The van der Waals surface area contributed by atoms with Gasteiger partial charge < -0.3 is 11.1 Å². The molecule has 1 amide bonds. The predicted molar refractivity (Wildman–Crippen MR) is 108 cm³/mol. The SMILES string of the molecule is Cc1cc(C)nc(Sc2ccc(NC(=O)C[C@@H]3CCC[C@H]3N)cc2)n1.Cl. The van der Waals surface area contributed by atoms with Crippen molar-refractivity contribution in [3.63, 3.8) is 0 Å². The van der Waals surface area contributed by atoms with Gasteiger partial charge in [0.15, 0.2) is 5.16 Å². The average Bonchev–Trinajstić information content (AvgIpc) is 2.93. The van der Waals surface area contributed by atoms with Gasteiger partial charge in [0.1, 0.15) is 0 Å². The maximum Gasteiger partial charge on any atom is 0.224 e. The molecule has 0 spiro atoms. The summed E-state index contributed by atoms with van der Waals surface area (Å²) in [5, 5.41) is 3.70. The molecular formula is C19H25ClN4OS. The third-order valence-electron chi connectivity index (χ3n) is 4.47. The van der Waals surface area contributed by atoms with E-state index in [0.717, 1.165) is 46.4 Å². The lowest BCUT2D eigenvalue weighted by atomic mass is 10.00. The van der Waals surface area contributed by atoms with Crippen LogP contribution in [0, 0.1) is 19.8 Å². The third kappa shape index (κ3) is 5.69. The van der Waals surface area contributed by atoms with Crippen molar-refractivity contribution < 1.29 is 4.79 Å². The molecule has 7 heteroatoms. The first-order valence-corrected chi connectivity index (χ1v) is 9.47. The van der Waals surface area contributed by atoms with Gasteiger partial charge in [0.05, 0.1) is 0 Å². The van der Waals surface area contributed by atoms with Crippen molar-refractivity contribution in [1.82, 2.24) is 9.97 Å². The standard InChI is InChI=1S/C19H24N4OS.ClH/c1-12-10-13(2)22-19(21-12)25-16-8-6-15(7-9-16)23-18(24)11-14-4-3-5-17(14)20;/h6-10,14,17H,3-5,11,20H2,1-2H3,(H,23,24);1H/t14-,17+;/m0./s1. The van der Waals surface area contributed by atoms with Crippen LogP contribution < -0.4 is 11.1 Å². The van der Waals surface area contributed by atoms with Crippen molar-refractivity contribution in [1.29, 1.82) is 0 Å². The molecule has 1 aliphatic carbocycles. The highest BCUT2D eigenvalue weighted by Crippen LogP contribution is 2.28. The molecule has 0 aliphatic heterocycles. The number of nitrogens with zero attached hydrogens (tertiary/aromatic N) is 2. The minimum absolute atomic E-state index is 0. The molecule has 1 aromatic carbocycles. The van der Waals surface area contributed by atoms with Gasteiger partial charge in [-0.25, -0.2) is 9.97 Å². The van der Waals surface area contributed by atoms with Crippen molar-refractivity contribution >= 4 is 35.8 Å². The Labute approximate surface area is 165 Å². The van der Waals surface area contributed by atoms with Crippen molar-refractivity contribution in [2.24, 2.45) is 11.7 Å². The molecule has 2 aromatic rings. The van der Waals surface area contributed by atoms with Crippen molar-refractivity contribution in [2.75, 3.05) is 5.32 Å². The second-order valence-corrected chi connectivity index (χ2v) is 7.71. The molecule has 2 atom stereocenters. The highest BCUT2D eigenvalue weighted by atomic mass is 35.5. The molecule has 1 saturated carbocycles. The van der Waals surface area contributed by atoms with Crippen LogP contribution in [0.25, 0.3) is 0 Å². The third-order valence-corrected chi connectivity index (χ3v) is 5.35. The summed E-state index contributed by atoms with van der Waals surface area (Å²) in [5.74, 6) is 0.358. The van der Waals surface area contributed by atoms with Crippen LogP contribution in [0.5, 0.6) is 0 Å². The average molecular weight is 393 g/mol. The Hall–Kier alpha value is -1.63. The first-order chi connectivity index (χ1) is 12.0. The van der Waals surface area contributed by atoms with Gasteiger partial charge in [0.2, 0.25) is 5.91 Å². The summed E-state index contributed by atoms with van der Waals surface area (Å²) < 4.78 is 0. The summed E-state index contributed by atoms with van der Waals surface area (Å²) >= 11 is 1.52. The second kappa shape index (κ2) is 9.35. The molecule has 1 aromatic heterocycles. The number of amides is 1. The van der Waals surface area contributed by atoms with E-state index in [0.29, 0.717) is 12.3 Å². The first kappa shape index (κ1) is 20.7. The minimum atomic E-state index is 0. The van der Waals surface area contributed by atoms with E-state index in [1.165, 1.54) is 11.8 Å². The summed E-state index contributed by atoms with van der Waals surface area (Å²) in [4.78, 5) is 22.1. The Balaban J connectivity index is 0.00000243. The lowest BCUT2D eigenvalue weighted by Gasteiger charge is -2.14. The number of halogens is 1. The van der Waals surface area contributed by atoms with Gasteiger partial charge in [0.25, 0.3) is 0 Å². The molecule has 1 heterocycles. The minimum Gasteiger partial charge on any atom is -0.327 e. The lowest BCUT2D eigenvalue weighted by molar-refractivity contribution is -0.117. The highest BCUT2D eigenvalue weighted by molar-refractivity contribution is 7.99. The summed E-state index contributed by atoms with van der Waals surface area (Å²) in [7, 11) is 0.